The molecular formula is C14H20BClN2O2. The number of hydrogen-bond acceptors (Lipinski definition) is 3. The fourth-order valence-corrected chi connectivity index (χ4v) is 2.38. The van der Waals surface area contributed by atoms with Crippen LogP contribution in [0.5, 0.6) is 0 Å². The molecule has 1 aromatic heterocycles. The summed E-state index contributed by atoms with van der Waals surface area (Å²) < 4.78 is 14.1. The molecule has 1 aromatic carbocycles. The summed E-state index contributed by atoms with van der Waals surface area (Å²) in [6.45, 7) is 8.26. The van der Waals surface area contributed by atoms with E-state index in [1.807, 2.05) is 30.1 Å². The second kappa shape index (κ2) is 4.76. The first-order valence-electron chi connectivity index (χ1n) is 6.58. The van der Waals surface area contributed by atoms with Gasteiger partial charge in [-0.05, 0) is 39.2 Å². The third-order valence-electron chi connectivity index (χ3n) is 4.33. The van der Waals surface area contributed by atoms with Crippen molar-refractivity contribution >= 4 is 35.9 Å². The van der Waals surface area contributed by atoms with Gasteiger partial charge in [0.1, 0.15) is 0 Å². The molecule has 1 aliphatic rings. The Labute approximate surface area is 126 Å². The molecule has 3 rings (SSSR count). The molecule has 0 bridgehead atoms. The molecule has 0 saturated carbocycles. The highest BCUT2D eigenvalue weighted by molar-refractivity contribution is 6.65. The van der Waals surface area contributed by atoms with Crippen LogP contribution in [0.15, 0.2) is 24.4 Å². The van der Waals surface area contributed by atoms with Gasteiger partial charge in [-0.25, -0.2) is 0 Å². The summed E-state index contributed by atoms with van der Waals surface area (Å²) in [7, 11) is 1.61. The summed E-state index contributed by atoms with van der Waals surface area (Å²) in [5.41, 5.74) is 1.50. The van der Waals surface area contributed by atoms with Crippen LogP contribution < -0.4 is 5.46 Å². The molecule has 4 nitrogen and oxygen atoms in total. The van der Waals surface area contributed by atoms with E-state index in [0.29, 0.717) is 0 Å². The van der Waals surface area contributed by atoms with E-state index < -0.39 is 0 Å². The van der Waals surface area contributed by atoms with Gasteiger partial charge in [-0.1, -0.05) is 12.1 Å². The molecule has 108 valence electrons. The Morgan fingerprint density at radius 1 is 1.10 bits per heavy atom. The van der Waals surface area contributed by atoms with Crippen LogP contribution in [0.4, 0.5) is 0 Å². The van der Waals surface area contributed by atoms with Gasteiger partial charge in [-0.3, -0.25) is 4.68 Å². The van der Waals surface area contributed by atoms with Gasteiger partial charge in [0.25, 0.3) is 0 Å². The zero-order valence-electron chi connectivity index (χ0n) is 12.5. The van der Waals surface area contributed by atoms with Crippen molar-refractivity contribution in [2.75, 3.05) is 0 Å². The van der Waals surface area contributed by atoms with E-state index in [1.165, 1.54) is 0 Å². The molecule has 0 spiro atoms. The zero-order valence-corrected chi connectivity index (χ0v) is 13.3. The lowest BCUT2D eigenvalue weighted by molar-refractivity contribution is 0.00578. The highest BCUT2D eigenvalue weighted by atomic mass is 35.5. The highest BCUT2D eigenvalue weighted by Crippen LogP contribution is 2.36. The number of aryl methyl sites for hydroxylation is 1. The van der Waals surface area contributed by atoms with Gasteiger partial charge in [0, 0.05) is 12.4 Å². The van der Waals surface area contributed by atoms with E-state index in [-0.39, 0.29) is 30.7 Å². The molecule has 0 N–H and O–H groups in total. The molecule has 1 aliphatic heterocycles. The summed E-state index contributed by atoms with van der Waals surface area (Å²) in [5, 5.41) is 5.39. The number of fused-ring (bicyclic) bond motifs is 1. The van der Waals surface area contributed by atoms with Gasteiger partial charge in [-0.2, -0.15) is 5.10 Å². The topological polar surface area (TPSA) is 36.3 Å². The monoisotopic (exact) mass is 294 g/mol. The smallest absolute Gasteiger partial charge is 0.399 e. The molecule has 6 heteroatoms. The number of aromatic nitrogens is 2. The normalized spacial score (nSPS) is 20.1. The standard InChI is InChI=1S/C14H19BN2O2.ClH/c1-13(2)14(3,4)19-15(18-13)11-7-6-8-12-10(11)9-16-17(12)5;/h6-9H,1-5H3;1H. The van der Waals surface area contributed by atoms with Gasteiger partial charge in [0.15, 0.2) is 0 Å². The fraction of sp³-hybridized carbons (Fsp3) is 0.500. The maximum absolute atomic E-state index is 6.11. The van der Waals surface area contributed by atoms with E-state index in [4.69, 9.17) is 9.31 Å². The van der Waals surface area contributed by atoms with Crippen LogP contribution in [-0.4, -0.2) is 28.1 Å². The van der Waals surface area contributed by atoms with Gasteiger partial charge in [-0.15, -0.1) is 12.4 Å². The van der Waals surface area contributed by atoms with E-state index in [0.717, 1.165) is 16.4 Å². The SMILES string of the molecule is Cl.Cn1ncc2c(B3OC(C)(C)C(C)(C)O3)cccc21. The van der Waals surface area contributed by atoms with E-state index >= 15 is 0 Å². The summed E-state index contributed by atoms with van der Waals surface area (Å²) in [6, 6.07) is 6.12. The zero-order chi connectivity index (χ0) is 13.8. The molecule has 0 atom stereocenters. The summed E-state index contributed by atoms with van der Waals surface area (Å²) >= 11 is 0. The van der Waals surface area contributed by atoms with Crippen molar-refractivity contribution in [3.05, 3.63) is 24.4 Å². The van der Waals surface area contributed by atoms with Crippen molar-refractivity contribution in [2.45, 2.75) is 38.9 Å². The number of nitrogens with zero attached hydrogens (tertiary/aromatic N) is 2. The van der Waals surface area contributed by atoms with Crippen LogP contribution in [-0.2, 0) is 16.4 Å². The van der Waals surface area contributed by atoms with Crippen molar-refractivity contribution in [2.24, 2.45) is 7.05 Å². The van der Waals surface area contributed by atoms with Crippen molar-refractivity contribution in [3.8, 4) is 0 Å². The molecular weight excluding hydrogens is 274 g/mol. The third-order valence-corrected chi connectivity index (χ3v) is 4.33. The average molecular weight is 295 g/mol. The highest BCUT2D eigenvalue weighted by Gasteiger charge is 2.52. The van der Waals surface area contributed by atoms with Crippen LogP contribution in [0.25, 0.3) is 10.9 Å². The minimum atomic E-state index is -0.335. The van der Waals surface area contributed by atoms with Crippen LogP contribution in [0.3, 0.4) is 0 Å². The van der Waals surface area contributed by atoms with Crippen LogP contribution in [0, 0.1) is 0 Å². The predicted molar refractivity (Wildman–Crippen MR) is 83.7 cm³/mol. The van der Waals surface area contributed by atoms with E-state index in [9.17, 15) is 0 Å². The first-order chi connectivity index (χ1) is 8.82. The molecule has 1 saturated heterocycles. The lowest BCUT2D eigenvalue weighted by atomic mass is 9.77. The van der Waals surface area contributed by atoms with Crippen molar-refractivity contribution in [1.82, 2.24) is 9.78 Å². The summed E-state index contributed by atoms with van der Waals surface area (Å²) in [5.74, 6) is 0. The number of hydrogen-bond donors (Lipinski definition) is 0. The molecule has 0 unspecified atom stereocenters. The molecule has 0 radical (unpaired) electrons. The largest absolute Gasteiger partial charge is 0.495 e. The van der Waals surface area contributed by atoms with Gasteiger partial charge < -0.3 is 9.31 Å². The van der Waals surface area contributed by atoms with Crippen molar-refractivity contribution < 1.29 is 9.31 Å². The van der Waals surface area contributed by atoms with E-state index in [2.05, 4.69) is 38.9 Å². The molecule has 20 heavy (non-hydrogen) atoms. The molecule has 2 aromatic rings. The van der Waals surface area contributed by atoms with E-state index in [1.54, 1.807) is 0 Å². The third kappa shape index (κ3) is 2.14. The predicted octanol–water partition coefficient (Wildman–Crippen LogP) is 2.29. The Hall–Kier alpha value is -1.04. The Morgan fingerprint density at radius 2 is 1.70 bits per heavy atom. The van der Waals surface area contributed by atoms with Crippen LogP contribution in [0.1, 0.15) is 27.7 Å². The van der Waals surface area contributed by atoms with Gasteiger partial charge in [0.2, 0.25) is 0 Å². The van der Waals surface area contributed by atoms with Crippen LogP contribution in [0.2, 0.25) is 0 Å². The average Bonchev–Trinajstić information content (AvgIpc) is 2.78. The van der Waals surface area contributed by atoms with Crippen molar-refractivity contribution in [1.29, 1.82) is 0 Å². The Balaban J connectivity index is 0.00000147. The first-order valence-corrected chi connectivity index (χ1v) is 6.58. The second-order valence-electron chi connectivity index (χ2n) is 6.14. The first kappa shape index (κ1) is 15.4. The summed E-state index contributed by atoms with van der Waals surface area (Å²) in [4.78, 5) is 0. The molecule has 1 fully saturated rings. The second-order valence-corrected chi connectivity index (χ2v) is 6.14. The Bertz CT molecular complexity index is 623. The quantitative estimate of drug-likeness (QED) is 0.757. The Kier molecular flexibility index (Phi) is 3.65. The number of halogens is 1. The Morgan fingerprint density at radius 3 is 2.30 bits per heavy atom. The minimum Gasteiger partial charge on any atom is -0.399 e. The van der Waals surface area contributed by atoms with Gasteiger partial charge >= 0.3 is 7.12 Å². The maximum Gasteiger partial charge on any atom is 0.495 e. The maximum atomic E-state index is 6.11. The van der Waals surface area contributed by atoms with Crippen molar-refractivity contribution in [3.63, 3.8) is 0 Å². The molecule has 2 heterocycles. The van der Waals surface area contributed by atoms with Gasteiger partial charge in [0.05, 0.1) is 22.9 Å². The van der Waals surface area contributed by atoms with Crippen LogP contribution >= 0.6 is 12.4 Å². The number of benzene rings is 1. The lowest BCUT2D eigenvalue weighted by Gasteiger charge is -2.32. The minimum absolute atomic E-state index is 0. The number of rotatable bonds is 1. The lowest BCUT2D eigenvalue weighted by Crippen LogP contribution is -2.41. The summed E-state index contributed by atoms with van der Waals surface area (Å²) in [6.07, 6.45) is 1.87. The fourth-order valence-electron chi connectivity index (χ4n) is 2.38. The molecule has 0 amide bonds. The molecule has 0 aliphatic carbocycles.